The Kier molecular flexibility index (Phi) is 5.64. The summed E-state index contributed by atoms with van der Waals surface area (Å²) >= 11 is 1.50. The van der Waals surface area contributed by atoms with Gasteiger partial charge in [0.15, 0.2) is 0 Å². The molecule has 0 heterocycles. The van der Waals surface area contributed by atoms with E-state index in [-0.39, 0.29) is 21.8 Å². The SMILES string of the molecule is COC(=O)CC(C)SCc1ccccc1[N+](=O)[O-]. The van der Waals surface area contributed by atoms with Crippen molar-refractivity contribution in [2.45, 2.75) is 24.3 Å². The number of carbonyl (C=O) groups is 1. The van der Waals surface area contributed by atoms with Gasteiger partial charge in [0, 0.05) is 22.6 Å². The van der Waals surface area contributed by atoms with Crippen molar-refractivity contribution in [3.63, 3.8) is 0 Å². The van der Waals surface area contributed by atoms with Crippen LogP contribution in [0.1, 0.15) is 18.9 Å². The Morgan fingerprint density at radius 3 is 2.78 bits per heavy atom. The first kappa shape index (κ1) is 14.5. The van der Waals surface area contributed by atoms with Crippen LogP contribution in [0.5, 0.6) is 0 Å². The molecule has 18 heavy (non-hydrogen) atoms. The van der Waals surface area contributed by atoms with Gasteiger partial charge in [0.25, 0.3) is 5.69 Å². The van der Waals surface area contributed by atoms with E-state index in [1.54, 1.807) is 18.2 Å². The van der Waals surface area contributed by atoms with Crippen molar-refractivity contribution in [3.8, 4) is 0 Å². The van der Waals surface area contributed by atoms with Gasteiger partial charge in [-0.25, -0.2) is 0 Å². The van der Waals surface area contributed by atoms with Crippen molar-refractivity contribution >= 4 is 23.4 Å². The molecular formula is C12H15NO4S. The van der Waals surface area contributed by atoms with Gasteiger partial charge < -0.3 is 4.74 Å². The lowest BCUT2D eigenvalue weighted by Crippen LogP contribution is -2.08. The molecule has 0 N–H and O–H groups in total. The lowest BCUT2D eigenvalue weighted by atomic mass is 10.2. The van der Waals surface area contributed by atoms with E-state index in [4.69, 9.17) is 0 Å². The number of hydrogen-bond acceptors (Lipinski definition) is 5. The smallest absolute Gasteiger partial charge is 0.306 e. The number of methoxy groups -OCH3 is 1. The number of hydrogen-bond donors (Lipinski definition) is 0. The molecule has 0 radical (unpaired) electrons. The van der Waals surface area contributed by atoms with Crippen LogP contribution in [0.3, 0.4) is 0 Å². The molecule has 1 aromatic rings. The number of nitro groups is 1. The summed E-state index contributed by atoms with van der Waals surface area (Å²) in [5.74, 6) is 0.243. The minimum Gasteiger partial charge on any atom is -0.469 e. The standard InChI is InChI=1S/C12H15NO4S/c1-9(7-12(14)17-2)18-8-10-5-3-4-6-11(10)13(15)16/h3-6,9H,7-8H2,1-2H3. The molecule has 0 aromatic heterocycles. The van der Waals surface area contributed by atoms with Crippen LogP contribution in [0.2, 0.25) is 0 Å². The first-order chi connectivity index (χ1) is 8.54. The van der Waals surface area contributed by atoms with Crippen molar-refractivity contribution in [1.82, 2.24) is 0 Å². The van der Waals surface area contributed by atoms with Crippen molar-refractivity contribution in [2.24, 2.45) is 0 Å². The maximum absolute atomic E-state index is 11.1. The highest BCUT2D eigenvalue weighted by atomic mass is 32.2. The highest BCUT2D eigenvalue weighted by Crippen LogP contribution is 2.26. The minimum atomic E-state index is -0.388. The fourth-order valence-corrected chi connectivity index (χ4v) is 2.38. The van der Waals surface area contributed by atoms with E-state index in [0.717, 1.165) is 0 Å². The van der Waals surface area contributed by atoms with E-state index < -0.39 is 0 Å². The van der Waals surface area contributed by atoms with Crippen molar-refractivity contribution in [1.29, 1.82) is 0 Å². The summed E-state index contributed by atoms with van der Waals surface area (Å²) in [4.78, 5) is 21.5. The molecule has 0 aliphatic heterocycles. The van der Waals surface area contributed by atoms with E-state index in [9.17, 15) is 14.9 Å². The largest absolute Gasteiger partial charge is 0.469 e. The van der Waals surface area contributed by atoms with Gasteiger partial charge in [-0.15, -0.1) is 0 Å². The van der Waals surface area contributed by atoms with Crippen LogP contribution >= 0.6 is 11.8 Å². The van der Waals surface area contributed by atoms with Gasteiger partial charge in [-0.3, -0.25) is 14.9 Å². The third-order valence-electron chi connectivity index (χ3n) is 2.39. The zero-order valence-corrected chi connectivity index (χ0v) is 11.1. The average molecular weight is 269 g/mol. The second-order valence-corrected chi connectivity index (χ2v) is 5.21. The summed E-state index contributed by atoms with van der Waals surface area (Å²) in [7, 11) is 1.35. The van der Waals surface area contributed by atoms with Crippen LogP contribution in [-0.4, -0.2) is 23.3 Å². The normalized spacial score (nSPS) is 11.9. The Labute approximate surface area is 110 Å². The molecule has 1 aromatic carbocycles. The summed E-state index contributed by atoms with van der Waals surface area (Å²) in [6.45, 7) is 1.90. The topological polar surface area (TPSA) is 69.4 Å². The van der Waals surface area contributed by atoms with E-state index in [1.807, 2.05) is 6.92 Å². The Hall–Kier alpha value is -1.56. The second kappa shape index (κ2) is 7.00. The van der Waals surface area contributed by atoms with E-state index in [2.05, 4.69) is 4.74 Å². The third-order valence-corrected chi connectivity index (χ3v) is 3.61. The molecule has 0 aliphatic carbocycles. The molecule has 0 spiro atoms. The fraction of sp³-hybridized carbons (Fsp3) is 0.417. The summed E-state index contributed by atoms with van der Waals surface area (Å²) in [6, 6.07) is 6.63. The number of esters is 1. The zero-order valence-electron chi connectivity index (χ0n) is 10.3. The molecule has 0 aliphatic rings. The highest BCUT2D eigenvalue weighted by molar-refractivity contribution is 7.99. The van der Waals surface area contributed by atoms with Gasteiger partial charge in [0.1, 0.15) is 0 Å². The molecule has 0 saturated carbocycles. The lowest BCUT2D eigenvalue weighted by Gasteiger charge is -2.09. The van der Waals surface area contributed by atoms with Gasteiger partial charge in [-0.1, -0.05) is 25.1 Å². The average Bonchev–Trinajstić information content (AvgIpc) is 2.36. The molecule has 5 nitrogen and oxygen atoms in total. The predicted octanol–water partition coefficient (Wildman–Crippen LogP) is 2.78. The van der Waals surface area contributed by atoms with Crippen molar-refractivity contribution < 1.29 is 14.5 Å². The molecule has 1 atom stereocenters. The zero-order chi connectivity index (χ0) is 13.5. The van der Waals surface area contributed by atoms with Gasteiger partial charge in [0.05, 0.1) is 18.5 Å². The van der Waals surface area contributed by atoms with Crippen LogP contribution < -0.4 is 0 Å². The summed E-state index contributed by atoms with van der Waals surface area (Å²) in [5.41, 5.74) is 0.791. The number of rotatable bonds is 6. The first-order valence-corrected chi connectivity index (χ1v) is 6.50. The summed E-state index contributed by atoms with van der Waals surface area (Å²) in [6.07, 6.45) is 0.307. The van der Waals surface area contributed by atoms with Gasteiger partial charge in [-0.05, 0) is 0 Å². The predicted molar refractivity (Wildman–Crippen MR) is 70.5 cm³/mol. The van der Waals surface area contributed by atoms with Crippen LogP contribution in [0.15, 0.2) is 24.3 Å². The maximum atomic E-state index is 11.1. The molecule has 6 heteroatoms. The number of para-hydroxylation sites is 1. The molecule has 98 valence electrons. The lowest BCUT2D eigenvalue weighted by molar-refractivity contribution is -0.385. The van der Waals surface area contributed by atoms with Gasteiger partial charge >= 0.3 is 5.97 Å². The minimum absolute atomic E-state index is 0.0669. The van der Waals surface area contributed by atoms with Gasteiger partial charge in [0.2, 0.25) is 0 Å². The van der Waals surface area contributed by atoms with Crippen molar-refractivity contribution in [3.05, 3.63) is 39.9 Å². The number of benzene rings is 1. The second-order valence-electron chi connectivity index (χ2n) is 3.79. The molecule has 0 fully saturated rings. The first-order valence-electron chi connectivity index (χ1n) is 5.45. The maximum Gasteiger partial charge on any atom is 0.306 e. The molecule has 0 amide bonds. The number of nitrogens with zero attached hydrogens (tertiary/aromatic N) is 1. The molecule has 0 bridgehead atoms. The number of thioether (sulfide) groups is 1. The van der Waals surface area contributed by atoms with E-state index in [0.29, 0.717) is 17.7 Å². The molecule has 1 rings (SSSR count). The van der Waals surface area contributed by atoms with E-state index in [1.165, 1.54) is 24.9 Å². The fourth-order valence-electron chi connectivity index (χ4n) is 1.42. The number of ether oxygens (including phenoxy) is 1. The van der Waals surface area contributed by atoms with Crippen LogP contribution in [0.4, 0.5) is 5.69 Å². The monoisotopic (exact) mass is 269 g/mol. The van der Waals surface area contributed by atoms with Crippen molar-refractivity contribution in [2.75, 3.05) is 7.11 Å². The van der Waals surface area contributed by atoms with Crippen LogP contribution in [0.25, 0.3) is 0 Å². The Morgan fingerprint density at radius 2 is 2.17 bits per heavy atom. The summed E-state index contributed by atoms with van der Waals surface area (Å²) < 4.78 is 4.57. The highest BCUT2D eigenvalue weighted by Gasteiger charge is 2.15. The van der Waals surface area contributed by atoms with Gasteiger partial charge in [-0.2, -0.15) is 11.8 Å². The quantitative estimate of drug-likeness (QED) is 0.451. The molecule has 1 unspecified atom stereocenters. The molecule has 0 saturated heterocycles. The summed E-state index contributed by atoms with van der Waals surface area (Å²) in [5, 5.41) is 10.9. The molecular weight excluding hydrogens is 254 g/mol. The van der Waals surface area contributed by atoms with Crippen LogP contribution in [-0.2, 0) is 15.3 Å². The van der Waals surface area contributed by atoms with Crippen LogP contribution in [0, 0.1) is 10.1 Å². The Balaban J connectivity index is 2.58. The number of carbonyl (C=O) groups excluding carboxylic acids is 1. The van der Waals surface area contributed by atoms with E-state index >= 15 is 0 Å². The third kappa shape index (κ3) is 4.37. The Bertz CT molecular complexity index is 436. The number of nitro benzene ring substituents is 1. The Morgan fingerprint density at radius 1 is 1.50 bits per heavy atom.